The largest absolute Gasteiger partial charge is 0.330 e. The molecule has 0 amide bonds. The van der Waals surface area contributed by atoms with Crippen molar-refractivity contribution < 1.29 is 4.39 Å². The number of hydrogen-bond donors (Lipinski definition) is 1. The van der Waals surface area contributed by atoms with Gasteiger partial charge in [-0.25, -0.2) is 4.39 Å². The maximum Gasteiger partial charge on any atom is 0.178 e. The van der Waals surface area contributed by atoms with Gasteiger partial charge in [0.15, 0.2) is 4.77 Å². The minimum atomic E-state index is -0.183. The number of halogens is 1. The van der Waals surface area contributed by atoms with Crippen LogP contribution in [0.1, 0.15) is 38.2 Å². The summed E-state index contributed by atoms with van der Waals surface area (Å²) in [4.78, 5) is 3.07. The van der Waals surface area contributed by atoms with Crippen molar-refractivity contribution in [3.05, 3.63) is 28.3 Å². The summed E-state index contributed by atoms with van der Waals surface area (Å²) in [5.74, 6) is -0.183. The van der Waals surface area contributed by atoms with Crippen molar-refractivity contribution in [2.45, 2.75) is 46.1 Å². The summed E-state index contributed by atoms with van der Waals surface area (Å²) in [6.07, 6.45) is 4.81. The van der Waals surface area contributed by atoms with Crippen molar-refractivity contribution in [1.29, 1.82) is 0 Å². The first-order chi connectivity index (χ1) is 8.63. The van der Waals surface area contributed by atoms with Gasteiger partial charge in [0.1, 0.15) is 5.82 Å². The molecule has 0 bridgehead atoms. The molecule has 2 nitrogen and oxygen atoms in total. The van der Waals surface area contributed by atoms with Crippen LogP contribution in [0.5, 0.6) is 0 Å². The van der Waals surface area contributed by atoms with E-state index in [-0.39, 0.29) is 5.82 Å². The van der Waals surface area contributed by atoms with Crippen molar-refractivity contribution in [1.82, 2.24) is 9.55 Å². The Kier molecular flexibility index (Phi) is 4.17. The van der Waals surface area contributed by atoms with E-state index >= 15 is 0 Å². The molecule has 0 spiro atoms. The smallest absolute Gasteiger partial charge is 0.178 e. The summed E-state index contributed by atoms with van der Waals surface area (Å²) in [6.45, 7) is 4.89. The van der Waals surface area contributed by atoms with Crippen molar-refractivity contribution >= 4 is 23.3 Å². The topological polar surface area (TPSA) is 20.7 Å². The Morgan fingerprint density at radius 1 is 1.28 bits per heavy atom. The van der Waals surface area contributed by atoms with Crippen molar-refractivity contribution in [2.24, 2.45) is 0 Å². The molecule has 1 aromatic carbocycles. The molecule has 18 heavy (non-hydrogen) atoms. The normalized spacial score (nSPS) is 11.3. The van der Waals surface area contributed by atoms with Gasteiger partial charge in [-0.2, -0.15) is 0 Å². The summed E-state index contributed by atoms with van der Waals surface area (Å²) in [5, 5.41) is 0. The number of aromatic amines is 1. The number of benzene rings is 1. The lowest BCUT2D eigenvalue weighted by Crippen LogP contribution is -1.98. The van der Waals surface area contributed by atoms with Crippen LogP contribution in [-0.2, 0) is 6.54 Å². The third-order valence-corrected chi connectivity index (χ3v) is 3.61. The number of nitrogens with one attached hydrogen (secondary N) is 1. The van der Waals surface area contributed by atoms with Crippen LogP contribution in [0.4, 0.5) is 4.39 Å². The van der Waals surface area contributed by atoms with E-state index in [0.717, 1.165) is 24.0 Å². The predicted molar refractivity (Wildman–Crippen MR) is 76.0 cm³/mol. The van der Waals surface area contributed by atoms with Crippen LogP contribution >= 0.6 is 12.2 Å². The lowest BCUT2D eigenvalue weighted by Gasteiger charge is -2.05. The van der Waals surface area contributed by atoms with Crippen LogP contribution in [0, 0.1) is 17.5 Å². The van der Waals surface area contributed by atoms with E-state index in [2.05, 4.69) is 16.5 Å². The van der Waals surface area contributed by atoms with Gasteiger partial charge in [-0.1, -0.05) is 26.2 Å². The zero-order valence-electron chi connectivity index (χ0n) is 10.9. The second-order valence-corrected chi connectivity index (χ2v) is 5.15. The monoisotopic (exact) mass is 266 g/mol. The SMILES string of the molecule is CCCCCCn1c(=S)[nH]c2cc(F)c(C)cc21. The number of nitrogens with zero attached hydrogens (tertiary/aromatic N) is 1. The van der Waals surface area contributed by atoms with E-state index < -0.39 is 0 Å². The molecule has 2 aromatic rings. The molecule has 4 heteroatoms. The molecule has 2 rings (SSSR count). The third kappa shape index (κ3) is 2.64. The molecule has 0 radical (unpaired) electrons. The molecule has 0 aliphatic carbocycles. The highest BCUT2D eigenvalue weighted by Gasteiger charge is 2.07. The highest BCUT2D eigenvalue weighted by molar-refractivity contribution is 7.71. The Morgan fingerprint density at radius 3 is 2.78 bits per heavy atom. The number of aryl methyl sites for hydroxylation is 2. The van der Waals surface area contributed by atoms with E-state index in [1.54, 1.807) is 6.92 Å². The van der Waals surface area contributed by atoms with E-state index in [0.29, 0.717) is 10.3 Å². The van der Waals surface area contributed by atoms with Crippen LogP contribution in [0.15, 0.2) is 12.1 Å². The molecule has 1 heterocycles. The van der Waals surface area contributed by atoms with E-state index in [1.807, 2.05) is 6.07 Å². The molecular formula is C14H19FN2S. The summed E-state index contributed by atoms with van der Waals surface area (Å²) in [5.41, 5.74) is 2.47. The average Bonchev–Trinajstić information content (AvgIpc) is 2.62. The van der Waals surface area contributed by atoms with Crippen molar-refractivity contribution in [3.8, 4) is 0 Å². The molecule has 0 aliphatic heterocycles. The van der Waals surface area contributed by atoms with Crippen LogP contribution in [-0.4, -0.2) is 9.55 Å². The fourth-order valence-electron chi connectivity index (χ4n) is 2.20. The maximum atomic E-state index is 13.5. The summed E-state index contributed by atoms with van der Waals surface area (Å²) < 4.78 is 16.2. The van der Waals surface area contributed by atoms with Crippen LogP contribution in [0.25, 0.3) is 11.0 Å². The Balaban J connectivity index is 2.29. The first kappa shape index (κ1) is 13.3. The fourth-order valence-corrected chi connectivity index (χ4v) is 2.50. The van der Waals surface area contributed by atoms with Crippen LogP contribution in [0.2, 0.25) is 0 Å². The van der Waals surface area contributed by atoms with Gasteiger partial charge in [-0.3, -0.25) is 0 Å². The molecule has 0 unspecified atom stereocenters. The summed E-state index contributed by atoms with van der Waals surface area (Å²) in [6, 6.07) is 3.40. The average molecular weight is 266 g/mol. The van der Waals surface area contributed by atoms with Gasteiger partial charge in [-0.15, -0.1) is 0 Å². The number of rotatable bonds is 5. The molecule has 1 N–H and O–H groups in total. The Hall–Kier alpha value is -1.16. The zero-order chi connectivity index (χ0) is 13.1. The molecule has 0 saturated heterocycles. The first-order valence-corrected chi connectivity index (χ1v) is 6.93. The Labute approximate surface area is 112 Å². The lowest BCUT2D eigenvalue weighted by atomic mass is 10.2. The van der Waals surface area contributed by atoms with Gasteiger partial charge < -0.3 is 9.55 Å². The molecular weight excluding hydrogens is 247 g/mol. The molecule has 98 valence electrons. The van der Waals surface area contributed by atoms with Gasteiger partial charge in [0.2, 0.25) is 0 Å². The molecule has 0 aliphatic rings. The van der Waals surface area contributed by atoms with E-state index in [1.165, 1.54) is 25.3 Å². The fraction of sp³-hybridized carbons (Fsp3) is 0.500. The Morgan fingerprint density at radius 2 is 2.06 bits per heavy atom. The first-order valence-electron chi connectivity index (χ1n) is 6.52. The van der Waals surface area contributed by atoms with Crippen LogP contribution in [0.3, 0.4) is 0 Å². The third-order valence-electron chi connectivity index (χ3n) is 3.29. The number of unbranched alkanes of at least 4 members (excludes halogenated alkanes) is 3. The number of imidazole rings is 1. The summed E-state index contributed by atoms with van der Waals surface area (Å²) >= 11 is 5.30. The van der Waals surface area contributed by atoms with E-state index in [9.17, 15) is 4.39 Å². The number of hydrogen-bond acceptors (Lipinski definition) is 1. The standard InChI is InChI=1S/C14H19FN2S/c1-3-4-5-6-7-17-13-8-10(2)11(15)9-12(13)16-14(17)18/h8-9H,3-7H2,1-2H3,(H,16,18). The lowest BCUT2D eigenvalue weighted by molar-refractivity contribution is 0.587. The van der Waals surface area contributed by atoms with Gasteiger partial charge in [0, 0.05) is 6.54 Å². The van der Waals surface area contributed by atoms with Gasteiger partial charge >= 0.3 is 0 Å². The minimum absolute atomic E-state index is 0.183. The van der Waals surface area contributed by atoms with Gasteiger partial charge in [0.25, 0.3) is 0 Å². The van der Waals surface area contributed by atoms with Crippen LogP contribution < -0.4 is 0 Å². The van der Waals surface area contributed by atoms with Crippen molar-refractivity contribution in [3.63, 3.8) is 0 Å². The van der Waals surface area contributed by atoms with Gasteiger partial charge in [0.05, 0.1) is 11.0 Å². The number of fused-ring (bicyclic) bond motifs is 1. The zero-order valence-corrected chi connectivity index (χ0v) is 11.7. The maximum absolute atomic E-state index is 13.5. The van der Waals surface area contributed by atoms with Gasteiger partial charge in [-0.05, 0) is 43.3 Å². The number of H-pyrrole nitrogens is 1. The molecule has 1 aromatic heterocycles. The Bertz CT molecular complexity index is 598. The molecule has 0 fully saturated rings. The second kappa shape index (κ2) is 5.65. The van der Waals surface area contributed by atoms with Crippen molar-refractivity contribution in [2.75, 3.05) is 0 Å². The second-order valence-electron chi connectivity index (χ2n) is 4.76. The minimum Gasteiger partial charge on any atom is -0.330 e. The molecule has 0 saturated carbocycles. The number of aromatic nitrogens is 2. The highest BCUT2D eigenvalue weighted by Crippen LogP contribution is 2.19. The van der Waals surface area contributed by atoms with E-state index in [4.69, 9.17) is 12.2 Å². The highest BCUT2D eigenvalue weighted by atomic mass is 32.1. The molecule has 0 atom stereocenters. The quantitative estimate of drug-likeness (QED) is 0.613. The summed E-state index contributed by atoms with van der Waals surface area (Å²) in [7, 11) is 0. The predicted octanol–water partition coefficient (Wildman–Crippen LogP) is 4.73.